The van der Waals surface area contributed by atoms with E-state index in [9.17, 15) is 19.4 Å². The summed E-state index contributed by atoms with van der Waals surface area (Å²) in [4.78, 5) is 13.6. The summed E-state index contributed by atoms with van der Waals surface area (Å²) in [5.41, 5.74) is 1.73. The van der Waals surface area contributed by atoms with Gasteiger partial charge in [-0.15, -0.1) is 0 Å². The Balaban J connectivity index is 1.19. The first kappa shape index (κ1) is 20.8. The zero-order valence-electron chi connectivity index (χ0n) is 17.0. The fourth-order valence-corrected chi connectivity index (χ4v) is 5.74. The highest BCUT2D eigenvalue weighted by Crippen LogP contribution is 2.43. The average Bonchev–Trinajstić information content (AvgIpc) is 3.19. The third-order valence-corrected chi connectivity index (χ3v) is 7.36. The molecule has 3 aliphatic rings. The molecule has 31 heavy (non-hydrogen) atoms. The smallest absolute Gasteiger partial charge is 0.283 e. The van der Waals surface area contributed by atoms with Crippen LogP contribution in [0.15, 0.2) is 42.5 Å². The molecule has 8 heteroatoms. The Labute approximate surface area is 184 Å². The molecule has 0 unspecified atom stereocenters. The van der Waals surface area contributed by atoms with Crippen molar-refractivity contribution in [3.8, 4) is 5.75 Å². The standard InChI is InChI=1S/C23H25FN2O4S/c24-18-3-1-2-4-21(18)30-17-8-16-10-26(13-23(16,29)9-17)11-20(27)14-5-6-19-15(7-14)12-31-22(28)25-19/h1-7,16-17,20,27,29H,8-13H2,(H,25,28)/t16-,17+,20+,23-/m1/s1. The highest BCUT2D eigenvalue weighted by Gasteiger charge is 2.52. The second kappa shape index (κ2) is 8.09. The van der Waals surface area contributed by atoms with E-state index in [0.29, 0.717) is 38.2 Å². The SMILES string of the molecule is O=C1Nc2ccc([C@@H](O)CN3C[C@H]4C[C@H](Oc5ccccc5F)C[C@@]4(O)C3)cc2CS1. The number of anilines is 1. The highest BCUT2D eigenvalue weighted by molar-refractivity contribution is 8.13. The lowest BCUT2D eigenvalue weighted by molar-refractivity contribution is 0.0175. The van der Waals surface area contributed by atoms with E-state index in [2.05, 4.69) is 10.2 Å². The zero-order valence-corrected chi connectivity index (χ0v) is 17.8. The summed E-state index contributed by atoms with van der Waals surface area (Å²) in [5, 5.41) is 24.7. The minimum atomic E-state index is -0.883. The van der Waals surface area contributed by atoms with Gasteiger partial charge in [-0.2, -0.15) is 0 Å². The number of hydrogen-bond acceptors (Lipinski definition) is 6. The summed E-state index contributed by atoms with van der Waals surface area (Å²) in [5.74, 6) is 0.465. The van der Waals surface area contributed by atoms with Gasteiger partial charge in [0, 0.05) is 43.4 Å². The molecule has 3 N–H and O–H groups in total. The lowest BCUT2D eigenvalue weighted by atomic mass is 9.95. The number of halogens is 1. The van der Waals surface area contributed by atoms with Gasteiger partial charge < -0.3 is 20.3 Å². The molecule has 164 valence electrons. The van der Waals surface area contributed by atoms with Crippen LogP contribution in [0.2, 0.25) is 0 Å². The molecule has 0 aromatic heterocycles. The lowest BCUT2D eigenvalue weighted by Gasteiger charge is -2.25. The van der Waals surface area contributed by atoms with Crippen LogP contribution in [0.5, 0.6) is 5.75 Å². The summed E-state index contributed by atoms with van der Waals surface area (Å²) in [6.07, 6.45) is 0.217. The number of rotatable bonds is 5. The van der Waals surface area contributed by atoms with Gasteiger partial charge in [-0.3, -0.25) is 9.69 Å². The number of nitrogens with zero attached hydrogens (tertiary/aromatic N) is 1. The zero-order chi connectivity index (χ0) is 21.6. The van der Waals surface area contributed by atoms with Crippen LogP contribution in [-0.4, -0.2) is 51.7 Å². The van der Waals surface area contributed by atoms with Gasteiger partial charge in [0.05, 0.1) is 11.7 Å². The number of likely N-dealkylation sites (tertiary alicyclic amines) is 1. The van der Waals surface area contributed by atoms with E-state index in [1.165, 1.54) is 17.8 Å². The molecule has 1 saturated carbocycles. The fourth-order valence-electron chi connectivity index (χ4n) is 5.03. The molecular formula is C23H25FN2O4S. The van der Waals surface area contributed by atoms with Crippen molar-refractivity contribution in [2.75, 3.05) is 25.0 Å². The predicted molar refractivity (Wildman–Crippen MR) is 117 cm³/mol. The predicted octanol–water partition coefficient (Wildman–Crippen LogP) is 3.54. The molecule has 2 fully saturated rings. The van der Waals surface area contributed by atoms with Gasteiger partial charge in [0.1, 0.15) is 6.10 Å². The molecule has 0 radical (unpaired) electrons. The molecule has 2 heterocycles. The number of aliphatic hydroxyl groups is 2. The van der Waals surface area contributed by atoms with Gasteiger partial charge in [0.15, 0.2) is 11.6 Å². The number of carbonyl (C=O) groups is 1. The second-order valence-corrected chi connectivity index (χ2v) is 9.69. The molecule has 0 bridgehead atoms. The molecule has 0 spiro atoms. The van der Waals surface area contributed by atoms with Crippen molar-refractivity contribution in [3.63, 3.8) is 0 Å². The molecule has 5 rings (SSSR count). The number of thioether (sulfide) groups is 1. The summed E-state index contributed by atoms with van der Waals surface area (Å²) < 4.78 is 19.7. The van der Waals surface area contributed by atoms with Gasteiger partial charge in [0.2, 0.25) is 0 Å². The summed E-state index contributed by atoms with van der Waals surface area (Å²) in [7, 11) is 0. The van der Waals surface area contributed by atoms with Crippen LogP contribution in [0.4, 0.5) is 14.9 Å². The van der Waals surface area contributed by atoms with Gasteiger partial charge in [-0.25, -0.2) is 4.39 Å². The number of amides is 1. The Morgan fingerprint density at radius 1 is 1.32 bits per heavy atom. The first-order valence-corrected chi connectivity index (χ1v) is 11.5. The van der Waals surface area contributed by atoms with Gasteiger partial charge in [-0.1, -0.05) is 36.0 Å². The maximum Gasteiger partial charge on any atom is 0.283 e. The number of fused-ring (bicyclic) bond motifs is 2. The summed E-state index contributed by atoms with van der Waals surface area (Å²) in [6.45, 7) is 1.56. The Morgan fingerprint density at radius 2 is 2.16 bits per heavy atom. The number of β-amino-alcohol motifs (C(OH)–C–C–N with tert-alkyl or cyclic N) is 2. The van der Waals surface area contributed by atoms with Gasteiger partial charge in [-0.05, 0) is 35.7 Å². The second-order valence-electron chi connectivity index (χ2n) is 8.74. The van der Waals surface area contributed by atoms with E-state index in [4.69, 9.17) is 4.74 Å². The maximum atomic E-state index is 13.9. The maximum absolute atomic E-state index is 13.9. The van der Waals surface area contributed by atoms with E-state index in [1.807, 2.05) is 18.2 Å². The molecule has 6 nitrogen and oxygen atoms in total. The topological polar surface area (TPSA) is 82.0 Å². The molecule has 2 aliphatic heterocycles. The summed E-state index contributed by atoms with van der Waals surface area (Å²) in [6, 6.07) is 12.0. The molecule has 2 aromatic carbocycles. The van der Waals surface area contributed by atoms with Crippen molar-refractivity contribution in [1.29, 1.82) is 0 Å². The van der Waals surface area contributed by atoms with E-state index in [1.54, 1.807) is 18.2 Å². The number of ether oxygens (including phenoxy) is 1. The first-order valence-electron chi connectivity index (χ1n) is 10.5. The van der Waals surface area contributed by atoms with Crippen molar-refractivity contribution >= 4 is 22.7 Å². The molecule has 1 amide bonds. The lowest BCUT2D eigenvalue weighted by Crippen LogP contribution is -2.36. The molecule has 2 aromatic rings. The first-order chi connectivity index (χ1) is 14.9. The van der Waals surface area contributed by atoms with Crippen molar-refractivity contribution in [1.82, 2.24) is 4.90 Å². The third kappa shape index (κ3) is 4.17. The number of aliphatic hydroxyl groups excluding tert-OH is 1. The molecule has 4 atom stereocenters. The molecule has 1 aliphatic carbocycles. The number of nitrogens with one attached hydrogen (secondary N) is 1. The van der Waals surface area contributed by atoms with Crippen molar-refractivity contribution in [2.24, 2.45) is 5.92 Å². The van der Waals surface area contributed by atoms with Crippen LogP contribution >= 0.6 is 11.8 Å². The number of hydrogen-bond donors (Lipinski definition) is 3. The molecular weight excluding hydrogens is 419 g/mol. The number of carbonyl (C=O) groups excluding carboxylic acids is 1. The Kier molecular flexibility index (Phi) is 5.42. The highest BCUT2D eigenvalue weighted by atomic mass is 32.2. The van der Waals surface area contributed by atoms with Crippen LogP contribution < -0.4 is 10.1 Å². The third-order valence-electron chi connectivity index (χ3n) is 6.54. The average molecular weight is 445 g/mol. The Hall–Kier alpha value is -2.13. The van der Waals surface area contributed by atoms with Gasteiger partial charge in [0.25, 0.3) is 5.24 Å². The largest absolute Gasteiger partial charge is 0.487 e. The summed E-state index contributed by atoms with van der Waals surface area (Å²) >= 11 is 1.22. The number of benzene rings is 2. The fraction of sp³-hybridized carbons (Fsp3) is 0.435. The van der Waals surface area contributed by atoms with E-state index < -0.39 is 11.7 Å². The van der Waals surface area contributed by atoms with Gasteiger partial charge >= 0.3 is 0 Å². The molecule has 1 saturated heterocycles. The van der Waals surface area contributed by atoms with E-state index in [-0.39, 0.29) is 28.8 Å². The monoisotopic (exact) mass is 444 g/mol. The Bertz CT molecular complexity index is 1010. The minimum absolute atomic E-state index is 0.0339. The quantitative estimate of drug-likeness (QED) is 0.655. The van der Waals surface area contributed by atoms with E-state index >= 15 is 0 Å². The van der Waals surface area contributed by atoms with Crippen molar-refractivity contribution in [3.05, 3.63) is 59.4 Å². The number of para-hydroxylation sites is 1. The van der Waals surface area contributed by atoms with Crippen LogP contribution in [0, 0.1) is 11.7 Å². The van der Waals surface area contributed by atoms with E-state index in [0.717, 1.165) is 16.8 Å². The van der Waals surface area contributed by atoms with Crippen molar-refractivity contribution < 1.29 is 24.1 Å². The van der Waals surface area contributed by atoms with Crippen LogP contribution in [0.1, 0.15) is 30.1 Å². The Morgan fingerprint density at radius 3 is 2.97 bits per heavy atom. The van der Waals surface area contributed by atoms with Crippen LogP contribution in [0.25, 0.3) is 0 Å². The normalized spacial score (nSPS) is 28.7. The van der Waals surface area contributed by atoms with Crippen LogP contribution in [-0.2, 0) is 5.75 Å². The van der Waals surface area contributed by atoms with Crippen molar-refractivity contribution in [2.45, 2.75) is 36.4 Å². The van der Waals surface area contributed by atoms with Crippen LogP contribution in [0.3, 0.4) is 0 Å². The minimum Gasteiger partial charge on any atom is -0.487 e.